The van der Waals surface area contributed by atoms with E-state index in [1.54, 1.807) is 30.3 Å². The van der Waals surface area contributed by atoms with E-state index in [9.17, 15) is 14.4 Å². The van der Waals surface area contributed by atoms with Crippen molar-refractivity contribution in [3.8, 4) is 0 Å². The van der Waals surface area contributed by atoms with Crippen molar-refractivity contribution in [1.82, 2.24) is 5.32 Å². The van der Waals surface area contributed by atoms with E-state index in [1.165, 1.54) is 6.92 Å². The first-order valence-corrected chi connectivity index (χ1v) is 13.6. The molecule has 1 aromatic rings. The van der Waals surface area contributed by atoms with E-state index >= 15 is 0 Å². The Morgan fingerprint density at radius 1 is 0.943 bits per heavy atom. The molecule has 0 radical (unpaired) electrons. The molecule has 35 heavy (non-hydrogen) atoms. The number of amides is 1. The van der Waals surface area contributed by atoms with E-state index in [4.69, 9.17) is 27.5 Å². The zero-order valence-corrected chi connectivity index (χ0v) is 22.0. The Labute approximate surface area is 208 Å². The molecule has 0 bridgehead atoms. The summed E-state index contributed by atoms with van der Waals surface area (Å²) < 4.78 is 33.0. The molecule has 196 valence electrons. The Balaban J connectivity index is 2.62. The summed E-state index contributed by atoms with van der Waals surface area (Å²) in [6.07, 6.45) is -1.21. The third kappa shape index (κ3) is 12.0. The van der Waals surface area contributed by atoms with Gasteiger partial charge >= 0.3 is 26.8 Å². The number of esters is 2. The predicted octanol–water partition coefficient (Wildman–Crippen LogP) is 3.50. The largest absolute Gasteiger partial charge is 0.500 e. The molecule has 0 fully saturated rings. The molecule has 0 aliphatic rings. The van der Waals surface area contributed by atoms with Gasteiger partial charge in [-0.15, -0.1) is 0 Å². The average Bonchev–Trinajstić information content (AvgIpc) is 2.84. The second kappa shape index (κ2) is 16.8. The van der Waals surface area contributed by atoms with Gasteiger partial charge in [0.25, 0.3) is 0 Å². The molecule has 10 nitrogen and oxygen atoms in total. The van der Waals surface area contributed by atoms with E-state index in [-0.39, 0.29) is 25.3 Å². The third-order valence-electron chi connectivity index (χ3n) is 4.45. The summed E-state index contributed by atoms with van der Waals surface area (Å²) in [5.41, 5.74) is 0.542. The van der Waals surface area contributed by atoms with Crippen molar-refractivity contribution in [3.63, 3.8) is 0 Å². The van der Waals surface area contributed by atoms with Crippen LogP contribution in [0.4, 0.5) is 4.79 Å². The maximum absolute atomic E-state index is 12.3. The fourth-order valence-electron chi connectivity index (χ4n) is 2.92. The van der Waals surface area contributed by atoms with Crippen LogP contribution in [0.25, 0.3) is 0 Å². The SMILES string of the molecule is C=C(C)C(=O)OCC(COC(=O)c1ccccc1)OC(=O)NCCC[Si](OCC)(OCC)OCC. The summed E-state index contributed by atoms with van der Waals surface area (Å²) in [7, 11) is -2.81. The zero-order valence-electron chi connectivity index (χ0n) is 21.0. The summed E-state index contributed by atoms with van der Waals surface area (Å²) in [6, 6.07) is 8.90. The van der Waals surface area contributed by atoms with Crippen LogP contribution in [0.2, 0.25) is 6.04 Å². The molecule has 1 atom stereocenters. The first-order chi connectivity index (χ1) is 16.8. The summed E-state index contributed by atoms with van der Waals surface area (Å²) in [5, 5.41) is 2.64. The molecule has 1 amide bonds. The quantitative estimate of drug-likeness (QED) is 0.110. The highest BCUT2D eigenvalue weighted by Crippen LogP contribution is 2.17. The van der Waals surface area contributed by atoms with Gasteiger partial charge in [-0.2, -0.15) is 0 Å². The van der Waals surface area contributed by atoms with E-state index in [0.29, 0.717) is 37.8 Å². The third-order valence-corrected chi connectivity index (χ3v) is 7.61. The molecule has 1 aromatic carbocycles. The number of ether oxygens (including phenoxy) is 3. The van der Waals surface area contributed by atoms with Crippen molar-refractivity contribution in [2.45, 2.75) is 46.3 Å². The molecule has 0 heterocycles. The summed E-state index contributed by atoms with van der Waals surface area (Å²) in [5.74, 6) is -1.23. The Kier molecular flexibility index (Phi) is 14.6. The Hall–Kier alpha value is -2.73. The number of hydrogen-bond acceptors (Lipinski definition) is 9. The van der Waals surface area contributed by atoms with Crippen molar-refractivity contribution in [2.75, 3.05) is 39.6 Å². The van der Waals surface area contributed by atoms with Crippen LogP contribution in [0.3, 0.4) is 0 Å². The van der Waals surface area contributed by atoms with Gasteiger partial charge in [0.1, 0.15) is 13.2 Å². The Bertz CT molecular complexity index is 786. The van der Waals surface area contributed by atoms with Gasteiger partial charge in [-0.05, 0) is 46.2 Å². The lowest BCUT2D eigenvalue weighted by atomic mass is 10.2. The molecule has 1 N–H and O–H groups in total. The van der Waals surface area contributed by atoms with Crippen LogP contribution < -0.4 is 5.32 Å². The molecule has 0 aliphatic heterocycles. The van der Waals surface area contributed by atoms with Gasteiger partial charge in [0.2, 0.25) is 0 Å². The van der Waals surface area contributed by atoms with E-state index < -0.39 is 32.9 Å². The smallest absolute Gasteiger partial charge is 0.458 e. The van der Waals surface area contributed by atoms with Gasteiger partial charge in [0.15, 0.2) is 6.10 Å². The Morgan fingerprint density at radius 3 is 2.06 bits per heavy atom. The second-order valence-corrected chi connectivity index (χ2v) is 10.1. The Morgan fingerprint density at radius 2 is 1.51 bits per heavy atom. The monoisotopic (exact) mass is 511 g/mol. The number of rotatable bonds is 17. The minimum atomic E-state index is -2.81. The van der Waals surface area contributed by atoms with E-state index in [1.807, 2.05) is 20.8 Å². The highest BCUT2D eigenvalue weighted by atomic mass is 28.4. The minimum Gasteiger partial charge on any atom is -0.458 e. The van der Waals surface area contributed by atoms with Crippen LogP contribution in [-0.4, -0.2) is 72.5 Å². The molecule has 0 aliphatic carbocycles. The van der Waals surface area contributed by atoms with Crippen LogP contribution in [0, 0.1) is 0 Å². The number of alkyl carbamates (subject to hydrolysis) is 1. The molecule has 1 rings (SSSR count). The van der Waals surface area contributed by atoms with Crippen LogP contribution in [-0.2, 0) is 32.3 Å². The number of carbonyl (C=O) groups is 3. The summed E-state index contributed by atoms with van der Waals surface area (Å²) in [6.45, 7) is 11.7. The highest BCUT2D eigenvalue weighted by molar-refractivity contribution is 6.60. The number of hydrogen-bond donors (Lipinski definition) is 1. The van der Waals surface area contributed by atoms with Gasteiger partial charge in [0.05, 0.1) is 5.56 Å². The highest BCUT2D eigenvalue weighted by Gasteiger charge is 2.39. The summed E-state index contributed by atoms with van der Waals surface area (Å²) in [4.78, 5) is 36.3. The van der Waals surface area contributed by atoms with Gasteiger partial charge in [-0.25, -0.2) is 14.4 Å². The molecule has 11 heteroatoms. The van der Waals surface area contributed by atoms with Crippen LogP contribution >= 0.6 is 0 Å². The molecule has 0 spiro atoms. The molecule has 1 unspecified atom stereocenters. The predicted molar refractivity (Wildman–Crippen MR) is 131 cm³/mol. The van der Waals surface area contributed by atoms with Crippen molar-refractivity contribution in [2.24, 2.45) is 0 Å². The van der Waals surface area contributed by atoms with Crippen molar-refractivity contribution in [3.05, 3.63) is 48.0 Å². The maximum atomic E-state index is 12.3. The fourth-order valence-corrected chi connectivity index (χ4v) is 5.54. The van der Waals surface area contributed by atoms with E-state index in [0.717, 1.165) is 0 Å². The molecular weight excluding hydrogens is 474 g/mol. The first-order valence-electron chi connectivity index (χ1n) is 11.7. The van der Waals surface area contributed by atoms with Gasteiger partial charge < -0.3 is 32.8 Å². The first kappa shape index (κ1) is 30.3. The van der Waals surface area contributed by atoms with E-state index in [2.05, 4.69) is 11.9 Å². The standard InChI is InChI=1S/C24H37NO9Si/c1-6-31-35(32-7-2,33-8-3)16-12-15-25-24(28)34-21(17-29-22(26)19(4)5)18-30-23(27)20-13-10-9-11-14-20/h9-11,13-14,21H,4,6-8,12,15-18H2,1-3,5H3,(H,25,28). The average molecular weight is 512 g/mol. The number of benzene rings is 1. The molecular formula is C24H37NO9Si. The lowest BCUT2D eigenvalue weighted by molar-refractivity contribution is -0.142. The van der Waals surface area contributed by atoms with Crippen LogP contribution in [0.1, 0.15) is 44.5 Å². The lowest BCUT2D eigenvalue weighted by Gasteiger charge is -2.28. The zero-order chi connectivity index (χ0) is 26.1. The molecule has 0 saturated carbocycles. The van der Waals surface area contributed by atoms with Crippen LogP contribution in [0.5, 0.6) is 0 Å². The minimum absolute atomic E-state index is 0.194. The van der Waals surface area contributed by atoms with Crippen molar-refractivity contribution >= 4 is 26.8 Å². The van der Waals surface area contributed by atoms with Gasteiger partial charge in [-0.3, -0.25) is 0 Å². The van der Waals surface area contributed by atoms with Gasteiger partial charge in [-0.1, -0.05) is 24.8 Å². The topological polar surface area (TPSA) is 119 Å². The number of nitrogens with one attached hydrogen (secondary N) is 1. The maximum Gasteiger partial charge on any atom is 0.500 e. The van der Waals surface area contributed by atoms with Crippen LogP contribution in [0.15, 0.2) is 42.5 Å². The fraction of sp³-hybridized carbons (Fsp3) is 0.542. The van der Waals surface area contributed by atoms with Gasteiger partial charge in [0, 0.05) is 38.0 Å². The molecule has 0 aromatic heterocycles. The number of carbonyl (C=O) groups excluding carboxylic acids is 3. The lowest BCUT2D eigenvalue weighted by Crippen LogP contribution is -2.46. The molecule has 0 saturated heterocycles. The normalized spacial score (nSPS) is 11.9. The van der Waals surface area contributed by atoms with Crippen molar-refractivity contribution in [1.29, 1.82) is 0 Å². The van der Waals surface area contributed by atoms with Crippen molar-refractivity contribution < 1.29 is 41.9 Å². The second-order valence-electron chi connectivity index (χ2n) is 7.38. The summed E-state index contributed by atoms with van der Waals surface area (Å²) >= 11 is 0.